The minimum Gasteiger partial charge on any atom is -0.306 e. The molecule has 0 amide bonds. The summed E-state index contributed by atoms with van der Waals surface area (Å²) in [6, 6.07) is 56.8. The van der Waals surface area contributed by atoms with Crippen LogP contribution in [0.3, 0.4) is 0 Å². The average molecular weight is 590 g/mol. The van der Waals surface area contributed by atoms with E-state index in [0.717, 1.165) is 61.1 Å². The van der Waals surface area contributed by atoms with Crippen molar-refractivity contribution in [1.82, 2.24) is 15.0 Å². The average Bonchev–Trinajstić information content (AvgIpc) is 3.14. The minimum atomic E-state index is 0.564. The van der Waals surface area contributed by atoms with Gasteiger partial charge in [0.2, 0.25) is 5.95 Å². The highest BCUT2D eigenvalue weighted by molar-refractivity contribution is 6.16. The van der Waals surface area contributed by atoms with Crippen molar-refractivity contribution < 1.29 is 0 Å². The molecule has 0 spiro atoms. The standard InChI is InChI=1S/C41H27N5/c1-4-16-30(17-5-1)39-42-40(31-18-6-2-7-19-31)44-41(43-39)46-36-27-25-28-14-10-12-22-33(28)37(36)45(32-20-8-3-9-21-32)35-26-24-29-15-11-13-23-34(29)38(35)46/h1-27H. The predicted molar refractivity (Wildman–Crippen MR) is 189 cm³/mol. The van der Waals surface area contributed by atoms with Gasteiger partial charge in [-0.25, -0.2) is 4.98 Å². The SMILES string of the molecule is c1ccc(-c2nc(-c3ccccc3)nc(N3c4ccc5ccccc5c4N(c4ccccc4)c4ccc5ccccc5c43)n2)cc1. The maximum absolute atomic E-state index is 5.22. The number of rotatable bonds is 4. The first kappa shape index (κ1) is 26.1. The van der Waals surface area contributed by atoms with E-state index in [-0.39, 0.29) is 0 Å². The van der Waals surface area contributed by atoms with E-state index >= 15 is 0 Å². The highest BCUT2D eigenvalue weighted by Crippen LogP contribution is 2.57. The number of hydrogen-bond donors (Lipinski definition) is 0. The van der Waals surface area contributed by atoms with Crippen LogP contribution in [0.5, 0.6) is 0 Å². The second kappa shape index (κ2) is 10.7. The molecule has 0 bridgehead atoms. The normalized spacial score (nSPS) is 12.3. The Kier molecular flexibility index (Phi) is 6.06. The first-order valence-electron chi connectivity index (χ1n) is 15.4. The molecule has 5 nitrogen and oxygen atoms in total. The van der Waals surface area contributed by atoms with Crippen LogP contribution >= 0.6 is 0 Å². The van der Waals surface area contributed by atoms with Crippen LogP contribution in [0.15, 0.2) is 164 Å². The molecule has 7 aromatic carbocycles. The molecule has 216 valence electrons. The number of anilines is 6. The Hall–Kier alpha value is -6.33. The number of hydrogen-bond acceptors (Lipinski definition) is 5. The molecule has 1 aromatic heterocycles. The number of nitrogens with zero attached hydrogens (tertiary/aromatic N) is 5. The van der Waals surface area contributed by atoms with Gasteiger partial charge in [0.25, 0.3) is 0 Å². The summed E-state index contributed by atoms with van der Waals surface area (Å²) >= 11 is 0. The van der Waals surface area contributed by atoms with Crippen LogP contribution in [0, 0.1) is 0 Å². The van der Waals surface area contributed by atoms with Crippen molar-refractivity contribution in [2.45, 2.75) is 0 Å². The molecule has 2 heterocycles. The molecule has 1 aliphatic heterocycles. The van der Waals surface area contributed by atoms with E-state index < -0.39 is 0 Å². The summed E-state index contributed by atoms with van der Waals surface area (Å²) in [6.07, 6.45) is 0. The summed E-state index contributed by atoms with van der Waals surface area (Å²) < 4.78 is 0. The van der Waals surface area contributed by atoms with Crippen LogP contribution in [-0.4, -0.2) is 15.0 Å². The summed E-state index contributed by atoms with van der Waals surface area (Å²) in [4.78, 5) is 20.1. The molecule has 5 heteroatoms. The number of benzene rings is 7. The van der Waals surface area contributed by atoms with Crippen molar-refractivity contribution in [1.29, 1.82) is 0 Å². The van der Waals surface area contributed by atoms with Gasteiger partial charge in [0.05, 0.1) is 22.7 Å². The lowest BCUT2D eigenvalue weighted by Crippen LogP contribution is -2.26. The van der Waals surface area contributed by atoms with Crippen LogP contribution in [0.4, 0.5) is 34.4 Å². The zero-order valence-corrected chi connectivity index (χ0v) is 24.8. The number of fused-ring (bicyclic) bond motifs is 6. The Balaban J connectivity index is 1.41. The van der Waals surface area contributed by atoms with E-state index in [1.54, 1.807) is 0 Å². The second-order valence-corrected chi connectivity index (χ2v) is 11.3. The number of para-hydroxylation sites is 1. The Morgan fingerprint density at radius 1 is 0.348 bits per heavy atom. The summed E-state index contributed by atoms with van der Waals surface area (Å²) in [5, 5.41) is 4.57. The Labute approximate surface area is 266 Å². The number of aromatic nitrogens is 3. The van der Waals surface area contributed by atoms with E-state index in [9.17, 15) is 0 Å². The van der Waals surface area contributed by atoms with E-state index in [2.05, 4.69) is 113 Å². The lowest BCUT2D eigenvalue weighted by Gasteiger charge is -2.40. The fourth-order valence-electron chi connectivity index (χ4n) is 6.51. The lowest BCUT2D eigenvalue weighted by atomic mass is 9.97. The van der Waals surface area contributed by atoms with Crippen LogP contribution in [-0.2, 0) is 0 Å². The van der Waals surface area contributed by atoms with Gasteiger partial charge in [0, 0.05) is 27.6 Å². The summed E-state index contributed by atoms with van der Waals surface area (Å²) in [7, 11) is 0. The highest BCUT2D eigenvalue weighted by Gasteiger charge is 2.35. The second-order valence-electron chi connectivity index (χ2n) is 11.3. The van der Waals surface area contributed by atoms with E-state index in [0.29, 0.717) is 17.6 Å². The zero-order chi connectivity index (χ0) is 30.5. The third-order valence-corrected chi connectivity index (χ3v) is 8.59. The molecule has 0 unspecified atom stereocenters. The maximum atomic E-state index is 5.22. The molecule has 46 heavy (non-hydrogen) atoms. The zero-order valence-electron chi connectivity index (χ0n) is 24.8. The van der Waals surface area contributed by atoms with E-state index in [4.69, 9.17) is 15.0 Å². The molecule has 0 atom stereocenters. The smallest absolute Gasteiger partial charge is 0.238 e. The molecule has 0 aliphatic carbocycles. The molecule has 9 rings (SSSR count). The van der Waals surface area contributed by atoms with Gasteiger partial charge in [0.1, 0.15) is 0 Å². The molecule has 0 saturated heterocycles. The van der Waals surface area contributed by atoms with Crippen LogP contribution in [0.2, 0.25) is 0 Å². The summed E-state index contributed by atoms with van der Waals surface area (Å²) in [5.41, 5.74) is 7.10. The van der Waals surface area contributed by atoms with Gasteiger partial charge in [-0.15, -0.1) is 0 Å². The lowest BCUT2D eigenvalue weighted by molar-refractivity contribution is 1.02. The third kappa shape index (κ3) is 4.21. The van der Waals surface area contributed by atoms with Crippen molar-refractivity contribution in [3.63, 3.8) is 0 Å². The maximum Gasteiger partial charge on any atom is 0.238 e. The molecule has 1 aliphatic rings. The largest absolute Gasteiger partial charge is 0.306 e. The Morgan fingerprint density at radius 2 is 0.783 bits per heavy atom. The summed E-state index contributed by atoms with van der Waals surface area (Å²) in [5.74, 6) is 1.81. The van der Waals surface area contributed by atoms with Crippen molar-refractivity contribution >= 4 is 55.9 Å². The Bertz CT molecular complexity index is 2320. The van der Waals surface area contributed by atoms with Crippen molar-refractivity contribution in [2.75, 3.05) is 9.80 Å². The molecular formula is C41H27N5. The van der Waals surface area contributed by atoms with Crippen molar-refractivity contribution in [3.05, 3.63) is 164 Å². The van der Waals surface area contributed by atoms with Gasteiger partial charge in [-0.3, -0.25) is 4.90 Å². The fraction of sp³-hybridized carbons (Fsp3) is 0. The van der Waals surface area contributed by atoms with Gasteiger partial charge >= 0.3 is 0 Å². The van der Waals surface area contributed by atoms with Gasteiger partial charge in [0.15, 0.2) is 11.6 Å². The summed E-state index contributed by atoms with van der Waals surface area (Å²) in [6.45, 7) is 0. The topological polar surface area (TPSA) is 45.2 Å². The van der Waals surface area contributed by atoms with Gasteiger partial charge < -0.3 is 4.90 Å². The first-order valence-corrected chi connectivity index (χ1v) is 15.4. The highest BCUT2D eigenvalue weighted by atomic mass is 15.3. The molecule has 0 fully saturated rings. The van der Waals surface area contributed by atoms with Crippen LogP contribution in [0.25, 0.3) is 44.3 Å². The third-order valence-electron chi connectivity index (χ3n) is 8.59. The molecule has 8 aromatic rings. The monoisotopic (exact) mass is 589 g/mol. The van der Waals surface area contributed by atoms with E-state index in [1.807, 2.05) is 60.7 Å². The molecule has 0 N–H and O–H groups in total. The van der Waals surface area contributed by atoms with Gasteiger partial charge in [-0.2, -0.15) is 9.97 Å². The quantitative estimate of drug-likeness (QED) is 0.204. The van der Waals surface area contributed by atoms with Crippen molar-refractivity contribution in [2.24, 2.45) is 0 Å². The van der Waals surface area contributed by atoms with Crippen LogP contribution in [0.1, 0.15) is 0 Å². The molecule has 0 saturated carbocycles. The fourth-order valence-corrected chi connectivity index (χ4v) is 6.51. The van der Waals surface area contributed by atoms with E-state index in [1.165, 1.54) is 0 Å². The van der Waals surface area contributed by atoms with Crippen LogP contribution < -0.4 is 9.80 Å². The Morgan fingerprint density at radius 3 is 1.33 bits per heavy atom. The predicted octanol–water partition coefficient (Wildman–Crippen LogP) is 10.8. The minimum absolute atomic E-state index is 0.564. The molecular weight excluding hydrogens is 562 g/mol. The molecule has 0 radical (unpaired) electrons. The first-order chi connectivity index (χ1) is 22.8. The van der Waals surface area contributed by atoms with Gasteiger partial charge in [-0.05, 0) is 35.0 Å². The van der Waals surface area contributed by atoms with Gasteiger partial charge in [-0.1, -0.05) is 140 Å². The van der Waals surface area contributed by atoms with Crippen molar-refractivity contribution in [3.8, 4) is 22.8 Å².